The van der Waals surface area contributed by atoms with Crippen LogP contribution in [0.4, 0.5) is 0 Å². The second-order valence-electron chi connectivity index (χ2n) is 5.31. The Bertz CT molecular complexity index is 489. The lowest BCUT2D eigenvalue weighted by atomic mass is 10.1. The molecular weight excluding hydrogens is 282 g/mol. The van der Waals surface area contributed by atoms with Gasteiger partial charge in [0.05, 0.1) is 19.1 Å². The Labute approximate surface area is 130 Å². The number of hydrogen-bond donors (Lipinski definition) is 3. The van der Waals surface area contributed by atoms with E-state index in [9.17, 15) is 14.4 Å². The summed E-state index contributed by atoms with van der Waals surface area (Å²) in [4.78, 5) is 34.3. The lowest BCUT2D eigenvalue weighted by Crippen LogP contribution is -2.45. The Morgan fingerprint density at radius 3 is 2.36 bits per heavy atom. The molecule has 0 saturated heterocycles. The summed E-state index contributed by atoms with van der Waals surface area (Å²) >= 11 is 0. The molecule has 6 nitrogen and oxygen atoms in total. The normalized spacial score (nSPS) is 11.8. The Hall–Kier alpha value is -2.21. The maximum absolute atomic E-state index is 11.7. The summed E-state index contributed by atoms with van der Waals surface area (Å²) < 4.78 is 0. The first-order valence-electron chi connectivity index (χ1n) is 7.30. The first-order chi connectivity index (χ1) is 10.5. The topological polar surface area (TPSA) is 87.3 Å². The number of amides is 2. The summed E-state index contributed by atoms with van der Waals surface area (Å²) in [7, 11) is 0. The highest BCUT2D eigenvalue weighted by Gasteiger charge is 2.12. The summed E-state index contributed by atoms with van der Waals surface area (Å²) in [6.45, 7) is 3.88. The average Bonchev–Trinajstić information content (AvgIpc) is 2.51. The minimum absolute atomic E-state index is 0.141. The van der Waals surface area contributed by atoms with E-state index in [0.29, 0.717) is 12.7 Å². The lowest BCUT2D eigenvalue weighted by Gasteiger charge is -2.13. The van der Waals surface area contributed by atoms with Gasteiger partial charge in [-0.25, -0.2) is 0 Å². The van der Waals surface area contributed by atoms with Crippen molar-refractivity contribution in [2.75, 3.05) is 13.1 Å². The van der Waals surface area contributed by atoms with E-state index in [1.54, 1.807) is 0 Å². The first kappa shape index (κ1) is 17.8. The highest BCUT2D eigenvalue weighted by molar-refractivity contribution is 5.86. The second kappa shape index (κ2) is 9.68. The molecule has 2 amide bonds. The monoisotopic (exact) mass is 305 g/mol. The van der Waals surface area contributed by atoms with Crippen LogP contribution in [0, 0.1) is 0 Å². The molecule has 0 aliphatic carbocycles. The van der Waals surface area contributed by atoms with Crippen molar-refractivity contribution < 1.29 is 14.4 Å². The standard InChI is InChI=1S/C16H23N3O3/c1-12(2)17-9-15(21)18-10-16(22)19-14(11-20)8-13-6-4-3-5-7-13/h3-7,11-12,14,17H,8-10H2,1-2H3,(H,18,21)(H,19,22). The number of aldehydes is 1. The molecule has 6 heteroatoms. The van der Waals surface area contributed by atoms with E-state index >= 15 is 0 Å². The van der Waals surface area contributed by atoms with Gasteiger partial charge in [0.25, 0.3) is 0 Å². The van der Waals surface area contributed by atoms with Crippen molar-refractivity contribution >= 4 is 18.1 Å². The van der Waals surface area contributed by atoms with Crippen LogP contribution in [0.2, 0.25) is 0 Å². The second-order valence-corrected chi connectivity index (χ2v) is 5.31. The largest absolute Gasteiger partial charge is 0.346 e. The van der Waals surface area contributed by atoms with Crippen LogP contribution in [0.15, 0.2) is 30.3 Å². The number of hydrogen-bond acceptors (Lipinski definition) is 4. The van der Waals surface area contributed by atoms with Gasteiger partial charge in [0.15, 0.2) is 0 Å². The van der Waals surface area contributed by atoms with E-state index in [1.807, 2.05) is 44.2 Å². The third kappa shape index (κ3) is 7.54. The minimum atomic E-state index is -0.597. The Morgan fingerprint density at radius 1 is 1.09 bits per heavy atom. The fourth-order valence-electron chi connectivity index (χ4n) is 1.80. The van der Waals surface area contributed by atoms with Gasteiger partial charge in [-0.1, -0.05) is 44.2 Å². The quantitative estimate of drug-likeness (QED) is 0.562. The van der Waals surface area contributed by atoms with Crippen molar-refractivity contribution in [3.63, 3.8) is 0 Å². The summed E-state index contributed by atoms with van der Waals surface area (Å²) in [6, 6.07) is 9.02. The fraction of sp³-hybridized carbons (Fsp3) is 0.438. The maximum atomic E-state index is 11.7. The molecule has 1 aromatic carbocycles. The number of carbonyl (C=O) groups excluding carboxylic acids is 3. The van der Waals surface area contributed by atoms with Crippen LogP contribution in [0.5, 0.6) is 0 Å². The number of benzene rings is 1. The molecule has 1 atom stereocenters. The van der Waals surface area contributed by atoms with Gasteiger partial charge in [-0.3, -0.25) is 9.59 Å². The van der Waals surface area contributed by atoms with E-state index < -0.39 is 6.04 Å². The molecule has 1 unspecified atom stereocenters. The van der Waals surface area contributed by atoms with Crippen LogP contribution in [0.1, 0.15) is 19.4 Å². The summed E-state index contributed by atoms with van der Waals surface area (Å²) in [5.41, 5.74) is 0.963. The zero-order valence-electron chi connectivity index (χ0n) is 13.0. The summed E-state index contributed by atoms with van der Waals surface area (Å²) in [6.07, 6.45) is 1.13. The molecule has 0 saturated carbocycles. The average molecular weight is 305 g/mol. The Morgan fingerprint density at radius 2 is 1.77 bits per heavy atom. The zero-order chi connectivity index (χ0) is 16.4. The van der Waals surface area contributed by atoms with Gasteiger partial charge in [0.1, 0.15) is 6.29 Å². The maximum Gasteiger partial charge on any atom is 0.239 e. The molecule has 0 aliphatic rings. The van der Waals surface area contributed by atoms with E-state index in [1.165, 1.54) is 0 Å². The molecule has 1 aromatic rings. The smallest absolute Gasteiger partial charge is 0.239 e. The molecule has 0 heterocycles. The molecule has 1 rings (SSSR count). The molecule has 0 aliphatic heterocycles. The van der Waals surface area contributed by atoms with Gasteiger partial charge in [-0.2, -0.15) is 0 Å². The van der Waals surface area contributed by atoms with Gasteiger partial charge in [-0.15, -0.1) is 0 Å². The Balaban J connectivity index is 2.33. The highest BCUT2D eigenvalue weighted by Crippen LogP contribution is 2.01. The predicted molar refractivity (Wildman–Crippen MR) is 84.3 cm³/mol. The van der Waals surface area contributed by atoms with Gasteiger partial charge < -0.3 is 20.7 Å². The zero-order valence-corrected chi connectivity index (χ0v) is 13.0. The molecule has 0 aromatic heterocycles. The minimum Gasteiger partial charge on any atom is -0.346 e. The number of nitrogens with one attached hydrogen (secondary N) is 3. The third-order valence-electron chi connectivity index (χ3n) is 2.93. The highest BCUT2D eigenvalue weighted by atomic mass is 16.2. The predicted octanol–water partition coefficient (Wildman–Crippen LogP) is 0.0270. The van der Waals surface area contributed by atoms with Crippen LogP contribution < -0.4 is 16.0 Å². The molecule has 0 spiro atoms. The van der Waals surface area contributed by atoms with Crippen LogP contribution in [-0.4, -0.2) is 43.3 Å². The van der Waals surface area contributed by atoms with Crippen LogP contribution in [0.25, 0.3) is 0 Å². The molecule has 22 heavy (non-hydrogen) atoms. The van der Waals surface area contributed by atoms with Crippen molar-refractivity contribution in [3.8, 4) is 0 Å². The summed E-state index contributed by atoms with van der Waals surface area (Å²) in [5, 5.41) is 8.05. The van der Waals surface area contributed by atoms with Crippen molar-refractivity contribution in [1.29, 1.82) is 0 Å². The van der Waals surface area contributed by atoms with Gasteiger partial charge in [-0.05, 0) is 12.0 Å². The van der Waals surface area contributed by atoms with Gasteiger partial charge in [0.2, 0.25) is 11.8 Å². The van der Waals surface area contributed by atoms with Crippen molar-refractivity contribution in [2.45, 2.75) is 32.4 Å². The van der Waals surface area contributed by atoms with Crippen molar-refractivity contribution in [2.24, 2.45) is 0 Å². The number of rotatable bonds is 9. The third-order valence-corrected chi connectivity index (χ3v) is 2.93. The molecular formula is C16H23N3O3. The van der Waals surface area contributed by atoms with E-state index in [2.05, 4.69) is 16.0 Å². The summed E-state index contributed by atoms with van der Waals surface area (Å²) in [5.74, 6) is -0.638. The number of carbonyl (C=O) groups is 3. The van der Waals surface area contributed by atoms with Crippen LogP contribution in [0.3, 0.4) is 0 Å². The van der Waals surface area contributed by atoms with E-state index in [0.717, 1.165) is 5.56 Å². The molecule has 0 bridgehead atoms. The van der Waals surface area contributed by atoms with E-state index in [-0.39, 0.29) is 30.9 Å². The van der Waals surface area contributed by atoms with Crippen molar-refractivity contribution in [1.82, 2.24) is 16.0 Å². The Kier molecular flexibility index (Phi) is 7.85. The molecule has 3 N–H and O–H groups in total. The molecule has 120 valence electrons. The van der Waals surface area contributed by atoms with Crippen molar-refractivity contribution in [3.05, 3.63) is 35.9 Å². The van der Waals surface area contributed by atoms with Gasteiger partial charge in [0, 0.05) is 6.04 Å². The fourth-order valence-corrected chi connectivity index (χ4v) is 1.80. The van der Waals surface area contributed by atoms with Gasteiger partial charge >= 0.3 is 0 Å². The SMILES string of the molecule is CC(C)NCC(=O)NCC(=O)NC(C=O)Cc1ccccc1. The van der Waals surface area contributed by atoms with Crippen LogP contribution >= 0.6 is 0 Å². The molecule has 0 fully saturated rings. The molecule has 0 radical (unpaired) electrons. The lowest BCUT2D eigenvalue weighted by molar-refractivity contribution is -0.126. The van der Waals surface area contributed by atoms with Crippen LogP contribution in [-0.2, 0) is 20.8 Å². The first-order valence-corrected chi connectivity index (χ1v) is 7.30. The van der Waals surface area contributed by atoms with E-state index in [4.69, 9.17) is 0 Å².